The lowest BCUT2D eigenvalue weighted by molar-refractivity contribution is -0.361. The Bertz CT molecular complexity index is 349. The van der Waals surface area contributed by atoms with Gasteiger partial charge in [-0.15, -0.1) is 0 Å². The molecule has 3 fully saturated rings. The number of carbonyl (C=O) groups is 1. The monoisotopic (exact) mass is 254 g/mol. The molecule has 0 radical (unpaired) electrons. The third-order valence-electron chi connectivity index (χ3n) is 5.00. The smallest absolute Gasteiger partial charge is 0.308 e. The van der Waals surface area contributed by atoms with Crippen LogP contribution in [0.3, 0.4) is 0 Å². The summed E-state index contributed by atoms with van der Waals surface area (Å²) in [7, 11) is 0. The van der Waals surface area contributed by atoms with Crippen LogP contribution in [0.15, 0.2) is 0 Å². The first-order valence-electron chi connectivity index (χ1n) is 6.95. The van der Waals surface area contributed by atoms with Gasteiger partial charge in [0.15, 0.2) is 0 Å². The van der Waals surface area contributed by atoms with Crippen molar-refractivity contribution in [3.63, 3.8) is 0 Å². The Labute approximate surface area is 108 Å². The van der Waals surface area contributed by atoms with E-state index >= 15 is 0 Å². The minimum Gasteiger partial charge on any atom is -0.432 e. The van der Waals surface area contributed by atoms with Crippen LogP contribution in [0.5, 0.6) is 0 Å². The number of ether oxygens (including phenoxy) is 1. The van der Waals surface area contributed by atoms with Gasteiger partial charge in [-0.1, -0.05) is 20.8 Å². The molecule has 4 heteroatoms. The van der Waals surface area contributed by atoms with E-state index in [1.54, 1.807) is 0 Å². The second-order valence-corrected chi connectivity index (χ2v) is 7.05. The Hall–Kier alpha value is -0.610. The summed E-state index contributed by atoms with van der Waals surface area (Å²) in [6.07, 6.45) is 4.24. The van der Waals surface area contributed by atoms with Crippen molar-refractivity contribution in [1.29, 1.82) is 0 Å². The second-order valence-electron chi connectivity index (χ2n) is 7.05. The quantitative estimate of drug-likeness (QED) is 0.492. The average molecular weight is 254 g/mol. The highest BCUT2D eigenvalue weighted by Crippen LogP contribution is 2.52. The van der Waals surface area contributed by atoms with Crippen LogP contribution in [0.4, 0.5) is 0 Å². The first kappa shape index (κ1) is 12.4. The van der Waals surface area contributed by atoms with Gasteiger partial charge in [0.2, 0.25) is 6.29 Å². The van der Waals surface area contributed by atoms with Crippen molar-refractivity contribution in [2.45, 2.75) is 64.8 Å². The maximum atomic E-state index is 11.3. The van der Waals surface area contributed by atoms with Crippen LogP contribution in [0.1, 0.15) is 52.9 Å². The molecule has 0 N–H and O–H groups in total. The Morgan fingerprint density at radius 2 is 1.89 bits per heavy atom. The minimum absolute atomic E-state index is 0.103. The summed E-state index contributed by atoms with van der Waals surface area (Å²) in [6, 6.07) is 0. The maximum Gasteiger partial charge on any atom is 0.308 e. The fraction of sp³-hybridized carbons (Fsp3) is 0.929. The summed E-state index contributed by atoms with van der Waals surface area (Å²) in [6.45, 7) is 6.89. The molecule has 2 saturated heterocycles. The van der Waals surface area contributed by atoms with Gasteiger partial charge < -0.3 is 4.74 Å². The van der Waals surface area contributed by atoms with Gasteiger partial charge in [-0.3, -0.25) is 4.79 Å². The van der Waals surface area contributed by atoms with Crippen LogP contribution in [0.2, 0.25) is 0 Å². The molecule has 4 nitrogen and oxygen atoms in total. The molecule has 3 rings (SSSR count). The van der Waals surface area contributed by atoms with Crippen LogP contribution in [0.25, 0.3) is 0 Å². The molecule has 1 spiro atoms. The Balaban J connectivity index is 1.70. The van der Waals surface area contributed by atoms with Gasteiger partial charge in [0.05, 0.1) is 12.3 Å². The van der Waals surface area contributed by atoms with Crippen LogP contribution in [-0.4, -0.2) is 17.9 Å². The first-order chi connectivity index (χ1) is 8.41. The molecule has 2 heterocycles. The zero-order valence-electron chi connectivity index (χ0n) is 11.4. The molecule has 0 aromatic carbocycles. The van der Waals surface area contributed by atoms with Crippen LogP contribution in [-0.2, 0) is 19.3 Å². The van der Waals surface area contributed by atoms with E-state index in [0.717, 1.165) is 31.6 Å². The number of fused-ring (bicyclic) bond motifs is 2. The van der Waals surface area contributed by atoms with Gasteiger partial charge >= 0.3 is 5.97 Å². The maximum absolute atomic E-state index is 11.3. The molecule has 0 bridgehead atoms. The molecule has 0 unspecified atom stereocenters. The van der Waals surface area contributed by atoms with Crippen molar-refractivity contribution in [2.75, 3.05) is 0 Å². The molecule has 0 aromatic heterocycles. The van der Waals surface area contributed by atoms with Crippen molar-refractivity contribution >= 4 is 5.97 Å². The number of rotatable bonds is 0. The number of hydrogen-bond acceptors (Lipinski definition) is 4. The summed E-state index contributed by atoms with van der Waals surface area (Å²) in [5, 5.41) is 0. The summed E-state index contributed by atoms with van der Waals surface area (Å²) in [5.41, 5.74) is 0.0844. The Morgan fingerprint density at radius 1 is 1.22 bits per heavy atom. The summed E-state index contributed by atoms with van der Waals surface area (Å²) >= 11 is 0. The molecule has 102 valence electrons. The van der Waals surface area contributed by atoms with Gasteiger partial charge in [-0.2, -0.15) is 4.89 Å². The predicted molar refractivity (Wildman–Crippen MR) is 64.3 cm³/mol. The molecule has 0 aromatic rings. The third-order valence-corrected chi connectivity index (χ3v) is 5.00. The fourth-order valence-corrected chi connectivity index (χ4v) is 3.69. The van der Waals surface area contributed by atoms with E-state index in [9.17, 15) is 4.79 Å². The van der Waals surface area contributed by atoms with Gasteiger partial charge in [0, 0.05) is 0 Å². The number of esters is 1. The van der Waals surface area contributed by atoms with Crippen molar-refractivity contribution in [1.82, 2.24) is 0 Å². The molecular weight excluding hydrogens is 232 g/mol. The van der Waals surface area contributed by atoms with Gasteiger partial charge in [-0.25, -0.2) is 4.89 Å². The molecule has 1 saturated carbocycles. The normalized spacial score (nSPS) is 44.2. The molecule has 1 aliphatic carbocycles. The van der Waals surface area contributed by atoms with Crippen LogP contribution >= 0.6 is 0 Å². The zero-order valence-corrected chi connectivity index (χ0v) is 11.4. The van der Waals surface area contributed by atoms with Crippen LogP contribution in [0, 0.1) is 17.3 Å². The summed E-state index contributed by atoms with van der Waals surface area (Å²) in [4.78, 5) is 22.1. The molecule has 2 atom stereocenters. The van der Waals surface area contributed by atoms with E-state index in [1.807, 2.05) is 0 Å². The molecular formula is C14H22O4. The van der Waals surface area contributed by atoms with Gasteiger partial charge in [0.1, 0.15) is 5.60 Å². The fourth-order valence-electron chi connectivity index (χ4n) is 3.69. The van der Waals surface area contributed by atoms with E-state index in [0.29, 0.717) is 11.8 Å². The highest BCUT2D eigenvalue weighted by atomic mass is 17.2. The van der Waals surface area contributed by atoms with E-state index in [2.05, 4.69) is 20.8 Å². The molecule has 3 aliphatic rings. The van der Waals surface area contributed by atoms with Crippen molar-refractivity contribution in [3.05, 3.63) is 0 Å². The largest absolute Gasteiger partial charge is 0.432 e. The van der Waals surface area contributed by atoms with Crippen molar-refractivity contribution < 1.29 is 19.3 Å². The second kappa shape index (κ2) is 3.94. The van der Waals surface area contributed by atoms with E-state index in [1.165, 1.54) is 0 Å². The van der Waals surface area contributed by atoms with E-state index in [4.69, 9.17) is 14.5 Å². The van der Waals surface area contributed by atoms with E-state index < -0.39 is 6.29 Å². The van der Waals surface area contributed by atoms with Crippen LogP contribution < -0.4 is 0 Å². The highest BCUT2D eigenvalue weighted by molar-refractivity contribution is 5.72. The summed E-state index contributed by atoms with van der Waals surface area (Å²) in [5.74, 6) is 0.681. The standard InChI is InChI=1S/C14H22O4/c1-13(2,3)9-4-6-14(7-5-9)10-8-11(15)16-12(10)17-18-14/h9-10,12H,4-8H2,1-3H3/t9?,10-,12-,14?/m1/s1. The van der Waals surface area contributed by atoms with Gasteiger partial charge in [0.25, 0.3) is 0 Å². The lowest BCUT2D eigenvalue weighted by atomic mass is 9.65. The van der Waals surface area contributed by atoms with Gasteiger partial charge in [-0.05, 0) is 37.0 Å². The number of carbonyl (C=O) groups excluding carboxylic acids is 1. The lowest BCUT2D eigenvalue weighted by Gasteiger charge is -2.41. The Kier molecular flexibility index (Phi) is 2.72. The SMILES string of the molecule is CC(C)(C)C1CCC2(CC1)OO[C@H]1OC(=O)C[C@H]12. The average Bonchev–Trinajstić information content (AvgIpc) is 2.79. The molecule has 2 aliphatic heterocycles. The number of hydrogen-bond donors (Lipinski definition) is 0. The predicted octanol–water partition coefficient (Wildman–Crippen LogP) is 2.81. The third kappa shape index (κ3) is 1.86. The first-order valence-corrected chi connectivity index (χ1v) is 6.95. The molecule has 0 amide bonds. The molecule has 18 heavy (non-hydrogen) atoms. The Morgan fingerprint density at radius 3 is 2.50 bits per heavy atom. The minimum atomic E-state index is -0.455. The zero-order chi connectivity index (χ0) is 13.0. The summed E-state index contributed by atoms with van der Waals surface area (Å²) < 4.78 is 5.12. The van der Waals surface area contributed by atoms with Crippen molar-refractivity contribution in [2.24, 2.45) is 17.3 Å². The van der Waals surface area contributed by atoms with Crippen molar-refractivity contribution in [3.8, 4) is 0 Å². The highest BCUT2D eigenvalue weighted by Gasteiger charge is 2.59. The van der Waals surface area contributed by atoms with E-state index in [-0.39, 0.29) is 17.5 Å². The topological polar surface area (TPSA) is 44.8 Å². The lowest BCUT2D eigenvalue weighted by Crippen LogP contribution is -2.42.